The van der Waals surface area contributed by atoms with Gasteiger partial charge in [-0.3, -0.25) is 0 Å². The number of aryl methyl sites for hydroxylation is 1. The Morgan fingerprint density at radius 1 is 1.29 bits per heavy atom. The molecule has 0 amide bonds. The van der Waals surface area contributed by atoms with E-state index >= 15 is 0 Å². The Kier molecular flexibility index (Phi) is 3.97. The van der Waals surface area contributed by atoms with E-state index in [0.29, 0.717) is 0 Å². The second-order valence-electron chi connectivity index (χ2n) is 4.06. The minimum atomic E-state index is 0.957. The van der Waals surface area contributed by atoms with Crippen LogP contribution in [0.5, 0.6) is 0 Å². The SMILES string of the molecule is CNCCc1cnn(-c2ccc(C)cc2)c1Br. The van der Waals surface area contributed by atoms with Gasteiger partial charge in [0.15, 0.2) is 0 Å². The highest BCUT2D eigenvalue weighted by Gasteiger charge is 2.08. The van der Waals surface area contributed by atoms with Gasteiger partial charge in [-0.1, -0.05) is 17.7 Å². The van der Waals surface area contributed by atoms with E-state index in [9.17, 15) is 0 Å². The van der Waals surface area contributed by atoms with E-state index in [2.05, 4.69) is 57.5 Å². The minimum Gasteiger partial charge on any atom is -0.319 e. The van der Waals surface area contributed by atoms with Gasteiger partial charge in [0.05, 0.1) is 11.9 Å². The molecular formula is C13H16BrN3. The lowest BCUT2D eigenvalue weighted by Crippen LogP contribution is -2.10. The zero-order chi connectivity index (χ0) is 12.3. The fourth-order valence-electron chi connectivity index (χ4n) is 1.66. The fourth-order valence-corrected chi connectivity index (χ4v) is 2.26. The molecule has 17 heavy (non-hydrogen) atoms. The van der Waals surface area contributed by atoms with Crippen LogP contribution in [-0.2, 0) is 6.42 Å². The van der Waals surface area contributed by atoms with Crippen molar-refractivity contribution in [3.8, 4) is 5.69 Å². The summed E-state index contributed by atoms with van der Waals surface area (Å²) in [5.41, 5.74) is 3.56. The van der Waals surface area contributed by atoms with Crippen molar-refractivity contribution in [3.63, 3.8) is 0 Å². The van der Waals surface area contributed by atoms with Crippen molar-refractivity contribution < 1.29 is 0 Å². The molecule has 1 aromatic heterocycles. The molecule has 2 rings (SSSR count). The number of nitrogens with zero attached hydrogens (tertiary/aromatic N) is 2. The molecule has 0 saturated heterocycles. The highest BCUT2D eigenvalue weighted by Crippen LogP contribution is 2.21. The normalized spacial score (nSPS) is 10.8. The molecular weight excluding hydrogens is 278 g/mol. The van der Waals surface area contributed by atoms with E-state index in [1.165, 1.54) is 11.1 Å². The lowest BCUT2D eigenvalue weighted by atomic mass is 10.2. The number of benzene rings is 1. The van der Waals surface area contributed by atoms with E-state index in [0.717, 1.165) is 23.3 Å². The minimum absolute atomic E-state index is 0.957. The summed E-state index contributed by atoms with van der Waals surface area (Å²) in [6, 6.07) is 8.34. The Hall–Kier alpha value is -1.13. The molecule has 0 aliphatic carbocycles. The van der Waals surface area contributed by atoms with E-state index in [-0.39, 0.29) is 0 Å². The third-order valence-electron chi connectivity index (χ3n) is 2.70. The number of rotatable bonds is 4. The average molecular weight is 294 g/mol. The number of hydrogen-bond acceptors (Lipinski definition) is 2. The number of likely N-dealkylation sites (N-methyl/N-ethyl adjacent to an activating group) is 1. The van der Waals surface area contributed by atoms with Gasteiger partial charge in [0, 0.05) is 5.56 Å². The van der Waals surface area contributed by atoms with Gasteiger partial charge < -0.3 is 5.32 Å². The molecule has 0 fully saturated rings. The summed E-state index contributed by atoms with van der Waals surface area (Å²) in [7, 11) is 1.96. The molecule has 0 bridgehead atoms. The molecule has 90 valence electrons. The Morgan fingerprint density at radius 3 is 2.65 bits per heavy atom. The third kappa shape index (κ3) is 2.76. The van der Waals surface area contributed by atoms with Gasteiger partial charge in [-0.25, -0.2) is 4.68 Å². The Bertz CT molecular complexity index is 488. The molecule has 0 atom stereocenters. The van der Waals surface area contributed by atoms with E-state index in [4.69, 9.17) is 0 Å². The predicted octanol–water partition coefficient (Wildman–Crippen LogP) is 2.71. The van der Waals surface area contributed by atoms with Gasteiger partial charge >= 0.3 is 0 Å². The molecule has 0 radical (unpaired) electrons. The van der Waals surface area contributed by atoms with Gasteiger partial charge in [-0.05, 0) is 55.0 Å². The van der Waals surface area contributed by atoms with Gasteiger partial charge in [0.25, 0.3) is 0 Å². The Labute approximate surface area is 110 Å². The molecule has 4 heteroatoms. The number of aromatic nitrogens is 2. The standard InChI is InChI=1S/C13H16BrN3/c1-10-3-5-12(6-4-10)17-13(14)11(9-16-17)7-8-15-2/h3-6,9,15H,7-8H2,1-2H3. The van der Waals surface area contributed by atoms with Crippen LogP contribution in [0.4, 0.5) is 0 Å². The van der Waals surface area contributed by atoms with Crippen molar-refractivity contribution in [2.45, 2.75) is 13.3 Å². The molecule has 0 aliphatic rings. The van der Waals surface area contributed by atoms with Gasteiger partial charge in [0.2, 0.25) is 0 Å². The maximum Gasteiger partial charge on any atom is 0.113 e. The van der Waals surface area contributed by atoms with Crippen molar-refractivity contribution in [3.05, 3.63) is 46.2 Å². The first kappa shape index (κ1) is 12.3. The second-order valence-corrected chi connectivity index (χ2v) is 4.81. The van der Waals surface area contributed by atoms with Crippen molar-refractivity contribution in [2.24, 2.45) is 0 Å². The highest BCUT2D eigenvalue weighted by molar-refractivity contribution is 9.10. The van der Waals surface area contributed by atoms with Crippen LogP contribution in [-0.4, -0.2) is 23.4 Å². The molecule has 1 N–H and O–H groups in total. The van der Waals surface area contributed by atoms with Crippen molar-refractivity contribution >= 4 is 15.9 Å². The smallest absolute Gasteiger partial charge is 0.113 e. The first-order valence-corrected chi connectivity index (χ1v) is 6.45. The molecule has 1 heterocycles. The summed E-state index contributed by atoms with van der Waals surface area (Å²) < 4.78 is 2.96. The summed E-state index contributed by atoms with van der Waals surface area (Å²) in [6.07, 6.45) is 2.89. The van der Waals surface area contributed by atoms with Crippen LogP contribution in [0.15, 0.2) is 35.1 Å². The van der Waals surface area contributed by atoms with Crippen LogP contribution in [0.3, 0.4) is 0 Å². The largest absolute Gasteiger partial charge is 0.319 e. The van der Waals surface area contributed by atoms with Crippen LogP contribution in [0.1, 0.15) is 11.1 Å². The number of hydrogen-bond donors (Lipinski definition) is 1. The summed E-state index contributed by atoms with van der Waals surface area (Å²) >= 11 is 3.61. The summed E-state index contributed by atoms with van der Waals surface area (Å²) in [5.74, 6) is 0. The van der Waals surface area contributed by atoms with Gasteiger partial charge in [-0.15, -0.1) is 0 Å². The Balaban J connectivity index is 2.27. The van der Waals surface area contributed by atoms with Crippen molar-refractivity contribution in [2.75, 3.05) is 13.6 Å². The summed E-state index contributed by atoms with van der Waals surface area (Å²) in [4.78, 5) is 0. The zero-order valence-corrected chi connectivity index (χ0v) is 11.7. The first-order valence-electron chi connectivity index (χ1n) is 5.66. The first-order chi connectivity index (χ1) is 8.22. The molecule has 0 saturated carbocycles. The van der Waals surface area contributed by atoms with Crippen LogP contribution < -0.4 is 5.32 Å². The summed E-state index contributed by atoms with van der Waals surface area (Å²) in [5, 5.41) is 7.55. The zero-order valence-electron chi connectivity index (χ0n) is 10.1. The van der Waals surface area contributed by atoms with Gasteiger partial charge in [-0.2, -0.15) is 5.10 Å². The number of nitrogens with one attached hydrogen (secondary N) is 1. The lowest BCUT2D eigenvalue weighted by molar-refractivity contribution is 0.787. The van der Waals surface area contributed by atoms with E-state index in [1.807, 2.05) is 17.9 Å². The van der Waals surface area contributed by atoms with E-state index in [1.54, 1.807) is 0 Å². The maximum atomic E-state index is 4.41. The summed E-state index contributed by atoms with van der Waals surface area (Å²) in [6.45, 7) is 3.04. The van der Waals surface area contributed by atoms with Crippen LogP contribution in [0.2, 0.25) is 0 Å². The topological polar surface area (TPSA) is 29.9 Å². The lowest BCUT2D eigenvalue weighted by Gasteiger charge is -2.04. The maximum absolute atomic E-state index is 4.41. The molecule has 2 aromatic rings. The molecule has 0 unspecified atom stereocenters. The quantitative estimate of drug-likeness (QED) is 0.939. The van der Waals surface area contributed by atoms with Crippen LogP contribution in [0.25, 0.3) is 5.69 Å². The Morgan fingerprint density at radius 2 is 2.00 bits per heavy atom. The van der Waals surface area contributed by atoms with E-state index < -0.39 is 0 Å². The molecule has 1 aromatic carbocycles. The molecule has 0 spiro atoms. The monoisotopic (exact) mass is 293 g/mol. The number of halogens is 1. The fraction of sp³-hybridized carbons (Fsp3) is 0.308. The second kappa shape index (κ2) is 5.47. The molecule has 3 nitrogen and oxygen atoms in total. The van der Waals surface area contributed by atoms with Gasteiger partial charge in [0.1, 0.15) is 4.60 Å². The average Bonchev–Trinajstić information content (AvgIpc) is 2.69. The van der Waals surface area contributed by atoms with Crippen LogP contribution in [0, 0.1) is 6.92 Å². The van der Waals surface area contributed by atoms with Crippen molar-refractivity contribution in [1.82, 2.24) is 15.1 Å². The van der Waals surface area contributed by atoms with Crippen molar-refractivity contribution in [1.29, 1.82) is 0 Å². The molecule has 0 aliphatic heterocycles. The highest BCUT2D eigenvalue weighted by atomic mass is 79.9. The van der Waals surface area contributed by atoms with Crippen LogP contribution >= 0.6 is 15.9 Å². The third-order valence-corrected chi connectivity index (χ3v) is 3.55. The predicted molar refractivity (Wildman–Crippen MR) is 73.6 cm³/mol.